The highest BCUT2D eigenvalue weighted by molar-refractivity contribution is 5.93. The molecule has 0 bridgehead atoms. The maximum atomic E-state index is 12.3. The molecule has 1 N–H and O–H groups in total. The van der Waals surface area contributed by atoms with E-state index in [-0.39, 0.29) is 11.6 Å². The normalized spacial score (nSPS) is 15.9. The van der Waals surface area contributed by atoms with Crippen molar-refractivity contribution in [2.45, 2.75) is 19.8 Å². The number of ether oxygens (including phenoxy) is 1. The predicted octanol–water partition coefficient (Wildman–Crippen LogP) is 2.81. The Hall–Kier alpha value is -2.34. The fourth-order valence-corrected chi connectivity index (χ4v) is 3.19. The smallest absolute Gasteiger partial charge is 0.273 e. The second-order valence-electron chi connectivity index (χ2n) is 6.60. The summed E-state index contributed by atoms with van der Waals surface area (Å²) >= 11 is 0. The lowest BCUT2D eigenvalue weighted by Gasteiger charge is -2.20. The highest BCUT2D eigenvalue weighted by atomic mass is 16.5. The molecule has 2 heterocycles. The molecule has 25 heavy (non-hydrogen) atoms. The summed E-state index contributed by atoms with van der Waals surface area (Å²) in [4.78, 5) is 14.8. The van der Waals surface area contributed by atoms with Gasteiger partial charge in [-0.2, -0.15) is 0 Å². The third-order valence-corrected chi connectivity index (χ3v) is 4.49. The summed E-state index contributed by atoms with van der Waals surface area (Å²) in [6.07, 6.45) is 2.56. The molecule has 0 unspecified atom stereocenters. The number of methoxy groups -OCH3 is 1. The molecule has 1 amide bonds. The van der Waals surface area contributed by atoms with Gasteiger partial charge in [-0.25, -0.2) is 0 Å². The minimum absolute atomic E-state index is 0.210. The van der Waals surface area contributed by atoms with E-state index in [9.17, 15) is 4.79 Å². The molecular formula is C19H25N3O3. The van der Waals surface area contributed by atoms with Crippen molar-refractivity contribution in [1.82, 2.24) is 15.4 Å². The van der Waals surface area contributed by atoms with Crippen LogP contribution < -0.4 is 10.1 Å². The number of nitrogens with one attached hydrogen (secondary N) is 1. The van der Waals surface area contributed by atoms with Crippen molar-refractivity contribution in [3.05, 3.63) is 36.0 Å². The predicted molar refractivity (Wildman–Crippen MR) is 95.7 cm³/mol. The summed E-state index contributed by atoms with van der Waals surface area (Å²) in [5, 5.41) is 6.84. The Kier molecular flexibility index (Phi) is 5.71. The second kappa shape index (κ2) is 8.16. The second-order valence-corrected chi connectivity index (χ2v) is 6.60. The Labute approximate surface area is 148 Å². The number of rotatable bonds is 7. The first kappa shape index (κ1) is 17.5. The van der Waals surface area contributed by atoms with Crippen molar-refractivity contribution in [3.63, 3.8) is 0 Å². The average molecular weight is 343 g/mol. The molecule has 0 radical (unpaired) electrons. The lowest BCUT2D eigenvalue weighted by Crippen LogP contribution is -2.34. The molecule has 0 aliphatic carbocycles. The van der Waals surface area contributed by atoms with Gasteiger partial charge in [-0.15, -0.1) is 0 Å². The van der Waals surface area contributed by atoms with Crippen LogP contribution in [0.2, 0.25) is 0 Å². The molecule has 1 aliphatic rings. The standard InChI is InChI=1S/C19H25N3O3/c1-14(13-22-9-5-6-10-22)12-20-19(23)16-11-18(25-21-16)15-7-3-4-8-17(15)24-2/h3-4,7-8,11,14H,5-6,9-10,12-13H2,1-2H3,(H,20,23)/t14-/m0/s1. The van der Waals surface area contributed by atoms with E-state index in [4.69, 9.17) is 9.26 Å². The van der Waals surface area contributed by atoms with Crippen LogP contribution in [-0.4, -0.2) is 49.3 Å². The van der Waals surface area contributed by atoms with E-state index in [0.29, 0.717) is 24.0 Å². The van der Waals surface area contributed by atoms with Crippen LogP contribution in [0.15, 0.2) is 34.9 Å². The van der Waals surface area contributed by atoms with Crippen LogP contribution in [0.4, 0.5) is 0 Å². The van der Waals surface area contributed by atoms with Gasteiger partial charge < -0.3 is 19.5 Å². The number of benzene rings is 1. The van der Waals surface area contributed by atoms with Gasteiger partial charge in [-0.05, 0) is 44.0 Å². The Morgan fingerprint density at radius 1 is 1.36 bits per heavy atom. The number of hydrogen-bond donors (Lipinski definition) is 1. The summed E-state index contributed by atoms with van der Waals surface area (Å²) in [5.41, 5.74) is 1.06. The number of hydrogen-bond acceptors (Lipinski definition) is 5. The van der Waals surface area contributed by atoms with Crippen LogP contribution in [0.3, 0.4) is 0 Å². The molecule has 1 atom stereocenters. The van der Waals surface area contributed by atoms with E-state index in [1.807, 2.05) is 24.3 Å². The monoisotopic (exact) mass is 343 g/mol. The van der Waals surface area contributed by atoms with E-state index in [0.717, 1.165) is 12.1 Å². The van der Waals surface area contributed by atoms with Crippen molar-refractivity contribution in [2.75, 3.05) is 33.3 Å². The van der Waals surface area contributed by atoms with Gasteiger partial charge >= 0.3 is 0 Å². The Balaban J connectivity index is 1.57. The lowest BCUT2D eigenvalue weighted by atomic mass is 10.1. The van der Waals surface area contributed by atoms with Crippen molar-refractivity contribution >= 4 is 5.91 Å². The van der Waals surface area contributed by atoms with Crippen LogP contribution in [0.1, 0.15) is 30.3 Å². The molecule has 3 rings (SSSR count). The fourth-order valence-electron chi connectivity index (χ4n) is 3.19. The van der Waals surface area contributed by atoms with Gasteiger partial charge in [0, 0.05) is 19.2 Å². The minimum Gasteiger partial charge on any atom is -0.496 e. The molecule has 6 heteroatoms. The SMILES string of the molecule is COc1ccccc1-c1cc(C(=O)NC[C@H](C)CN2CCCC2)no1. The van der Waals surface area contributed by atoms with Gasteiger partial charge in [0.2, 0.25) is 0 Å². The fraction of sp³-hybridized carbons (Fsp3) is 0.474. The van der Waals surface area contributed by atoms with Crippen LogP contribution in [0.25, 0.3) is 11.3 Å². The number of carbonyl (C=O) groups excluding carboxylic acids is 1. The zero-order valence-corrected chi connectivity index (χ0v) is 14.8. The first-order valence-corrected chi connectivity index (χ1v) is 8.78. The number of likely N-dealkylation sites (tertiary alicyclic amines) is 1. The van der Waals surface area contributed by atoms with Crippen molar-refractivity contribution in [3.8, 4) is 17.1 Å². The highest BCUT2D eigenvalue weighted by Gasteiger charge is 2.18. The molecule has 1 saturated heterocycles. The molecule has 134 valence electrons. The summed E-state index contributed by atoms with van der Waals surface area (Å²) in [6, 6.07) is 9.14. The topological polar surface area (TPSA) is 67.6 Å². The average Bonchev–Trinajstić information content (AvgIpc) is 3.31. The van der Waals surface area contributed by atoms with Crippen LogP contribution in [-0.2, 0) is 0 Å². The molecule has 1 fully saturated rings. The summed E-state index contributed by atoms with van der Waals surface area (Å²) in [5.74, 6) is 1.40. The van der Waals surface area contributed by atoms with E-state index >= 15 is 0 Å². The van der Waals surface area contributed by atoms with E-state index < -0.39 is 0 Å². The number of para-hydroxylation sites is 1. The zero-order chi connectivity index (χ0) is 17.6. The van der Waals surface area contributed by atoms with Crippen molar-refractivity contribution < 1.29 is 14.1 Å². The van der Waals surface area contributed by atoms with Crippen molar-refractivity contribution in [2.24, 2.45) is 5.92 Å². The molecule has 6 nitrogen and oxygen atoms in total. The van der Waals surface area contributed by atoms with Gasteiger partial charge in [0.15, 0.2) is 11.5 Å². The first-order valence-electron chi connectivity index (χ1n) is 8.78. The van der Waals surface area contributed by atoms with Gasteiger partial charge in [-0.1, -0.05) is 24.2 Å². The summed E-state index contributed by atoms with van der Waals surface area (Å²) in [6.45, 7) is 6.15. The summed E-state index contributed by atoms with van der Waals surface area (Å²) in [7, 11) is 1.60. The van der Waals surface area contributed by atoms with E-state index in [1.165, 1.54) is 25.9 Å². The maximum Gasteiger partial charge on any atom is 0.273 e. The highest BCUT2D eigenvalue weighted by Crippen LogP contribution is 2.29. The number of amides is 1. The van der Waals surface area contributed by atoms with Gasteiger partial charge in [0.05, 0.1) is 12.7 Å². The number of aromatic nitrogens is 1. The molecule has 1 aromatic heterocycles. The molecule has 1 aliphatic heterocycles. The quantitative estimate of drug-likeness (QED) is 0.837. The van der Waals surface area contributed by atoms with Gasteiger partial charge in [0.25, 0.3) is 5.91 Å². The number of carbonyl (C=O) groups is 1. The van der Waals surface area contributed by atoms with E-state index in [1.54, 1.807) is 13.2 Å². The molecular weight excluding hydrogens is 318 g/mol. The third kappa shape index (κ3) is 4.39. The van der Waals surface area contributed by atoms with Crippen LogP contribution >= 0.6 is 0 Å². The molecule has 2 aromatic rings. The van der Waals surface area contributed by atoms with Gasteiger partial charge in [-0.3, -0.25) is 4.79 Å². The third-order valence-electron chi connectivity index (χ3n) is 4.49. The minimum atomic E-state index is -0.210. The first-order chi connectivity index (χ1) is 12.2. The molecule has 0 spiro atoms. The summed E-state index contributed by atoms with van der Waals surface area (Å²) < 4.78 is 10.6. The van der Waals surface area contributed by atoms with Gasteiger partial charge in [0.1, 0.15) is 5.75 Å². The lowest BCUT2D eigenvalue weighted by molar-refractivity contribution is 0.0936. The van der Waals surface area contributed by atoms with E-state index in [2.05, 4.69) is 22.3 Å². The van der Waals surface area contributed by atoms with Crippen LogP contribution in [0, 0.1) is 5.92 Å². The molecule has 0 saturated carbocycles. The van der Waals surface area contributed by atoms with Crippen LogP contribution in [0.5, 0.6) is 5.75 Å². The Morgan fingerprint density at radius 2 is 2.12 bits per heavy atom. The Morgan fingerprint density at radius 3 is 2.88 bits per heavy atom. The molecule has 1 aromatic carbocycles. The largest absolute Gasteiger partial charge is 0.496 e. The zero-order valence-electron chi connectivity index (χ0n) is 14.8. The Bertz CT molecular complexity index is 707. The number of nitrogens with zero attached hydrogens (tertiary/aromatic N) is 2. The maximum absolute atomic E-state index is 12.3. The van der Waals surface area contributed by atoms with Crippen molar-refractivity contribution in [1.29, 1.82) is 0 Å².